The van der Waals surface area contributed by atoms with Crippen molar-refractivity contribution in [3.05, 3.63) is 46.8 Å². The number of fused-ring (bicyclic) bond motifs is 1. The van der Waals surface area contributed by atoms with Gasteiger partial charge in [-0.05, 0) is 37.6 Å². The predicted octanol–water partition coefficient (Wildman–Crippen LogP) is 2.98. The van der Waals surface area contributed by atoms with Gasteiger partial charge in [-0.3, -0.25) is 14.9 Å². The van der Waals surface area contributed by atoms with Gasteiger partial charge in [0, 0.05) is 43.7 Å². The highest BCUT2D eigenvalue weighted by atomic mass is 19.4. The SMILES string of the molecule is CC(=O)N1CCc2c(nc(NC(=O)c3cccc(C(F)(F)F)c3)n2C2CCCNC2)C1. The van der Waals surface area contributed by atoms with Crippen molar-refractivity contribution in [1.82, 2.24) is 19.8 Å². The van der Waals surface area contributed by atoms with Crippen LogP contribution in [0.2, 0.25) is 0 Å². The van der Waals surface area contributed by atoms with E-state index in [2.05, 4.69) is 15.6 Å². The third-order valence-corrected chi connectivity index (χ3v) is 5.81. The van der Waals surface area contributed by atoms with Crippen LogP contribution in [-0.4, -0.2) is 45.9 Å². The van der Waals surface area contributed by atoms with Gasteiger partial charge in [0.1, 0.15) is 0 Å². The summed E-state index contributed by atoms with van der Waals surface area (Å²) in [6, 6.07) is 4.40. The molecule has 2 N–H and O–H groups in total. The number of hydrogen-bond donors (Lipinski definition) is 2. The standard InChI is InChI=1S/C21H24F3N5O2/c1-13(30)28-9-7-18-17(12-28)26-20(29(18)16-6-3-8-25-11-16)27-19(31)14-4-2-5-15(10-14)21(22,23)24/h2,4-5,10,16,25H,3,6-9,11-12H2,1H3,(H,26,27,31). The maximum atomic E-state index is 13.0. The molecule has 4 rings (SSSR count). The minimum atomic E-state index is -4.53. The number of carbonyl (C=O) groups excluding carboxylic acids is 2. The van der Waals surface area contributed by atoms with Gasteiger partial charge in [0.05, 0.1) is 17.8 Å². The molecule has 0 spiro atoms. The molecule has 0 radical (unpaired) electrons. The van der Waals surface area contributed by atoms with Gasteiger partial charge in [-0.1, -0.05) is 6.07 Å². The molecule has 7 nitrogen and oxygen atoms in total. The third kappa shape index (κ3) is 4.43. The van der Waals surface area contributed by atoms with Crippen LogP contribution < -0.4 is 10.6 Å². The smallest absolute Gasteiger partial charge is 0.337 e. The van der Waals surface area contributed by atoms with Crippen LogP contribution in [0.25, 0.3) is 0 Å². The second-order valence-electron chi connectivity index (χ2n) is 7.92. The Morgan fingerprint density at radius 3 is 2.77 bits per heavy atom. The van der Waals surface area contributed by atoms with E-state index in [9.17, 15) is 22.8 Å². The Morgan fingerprint density at radius 1 is 1.29 bits per heavy atom. The molecule has 1 unspecified atom stereocenters. The van der Waals surface area contributed by atoms with Crippen molar-refractivity contribution in [3.63, 3.8) is 0 Å². The molecule has 2 aliphatic heterocycles. The van der Waals surface area contributed by atoms with Gasteiger partial charge in [-0.15, -0.1) is 0 Å². The van der Waals surface area contributed by atoms with Gasteiger partial charge >= 0.3 is 6.18 Å². The summed E-state index contributed by atoms with van der Waals surface area (Å²) >= 11 is 0. The number of piperidine rings is 1. The predicted molar refractivity (Wildman–Crippen MR) is 108 cm³/mol. The number of imidazole rings is 1. The summed E-state index contributed by atoms with van der Waals surface area (Å²) in [5.74, 6) is -0.387. The summed E-state index contributed by atoms with van der Waals surface area (Å²) in [6.45, 7) is 4.05. The van der Waals surface area contributed by atoms with E-state index < -0.39 is 17.6 Å². The van der Waals surface area contributed by atoms with Gasteiger partial charge < -0.3 is 14.8 Å². The van der Waals surface area contributed by atoms with E-state index in [0.717, 1.165) is 37.2 Å². The molecule has 0 bridgehead atoms. The third-order valence-electron chi connectivity index (χ3n) is 5.81. The molecule has 1 atom stereocenters. The molecule has 0 aliphatic carbocycles. The van der Waals surface area contributed by atoms with Crippen molar-refractivity contribution in [2.24, 2.45) is 0 Å². The number of carbonyl (C=O) groups is 2. The fourth-order valence-corrected chi connectivity index (χ4v) is 4.22. The van der Waals surface area contributed by atoms with E-state index in [4.69, 9.17) is 0 Å². The van der Waals surface area contributed by atoms with Crippen molar-refractivity contribution in [1.29, 1.82) is 0 Å². The minimum Gasteiger partial charge on any atom is -0.337 e. The van der Waals surface area contributed by atoms with Crippen molar-refractivity contribution in [2.75, 3.05) is 25.0 Å². The number of amides is 2. The molecular formula is C21H24F3N5O2. The lowest BCUT2D eigenvalue weighted by molar-refractivity contribution is -0.137. The van der Waals surface area contributed by atoms with Crippen molar-refractivity contribution in [3.8, 4) is 0 Å². The summed E-state index contributed by atoms with van der Waals surface area (Å²) in [4.78, 5) is 30.9. The molecule has 2 aromatic rings. The summed E-state index contributed by atoms with van der Waals surface area (Å²) in [5.41, 5.74) is 0.711. The summed E-state index contributed by atoms with van der Waals surface area (Å²) in [6.07, 6.45) is -2.05. The van der Waals surface area contributed by atoms with Crippen LogP contribution in [0, 0.1) is 0 Å². The fourth-order valence-electron chi connectivity index (χ4n) is 4.22. The second-order valence-corrected chi connectivity index (χ2v) is 7.92. The maximum absolute atomic E-state index is 13.0. The largest absolute Gasteiger partial charge is 0.416 e. The number of anilines is 1. The lowest BCUT2D eigenvalue weighted by Gasteiger charge is -2.30. The van der Waals surface area contributed by atoms with E-state index in [0.29, 0.717) is 37.7 Å². The fraction of sp³-hybridized carbons (Fsp3) is 0.476. The number of halogens is 3. The van der Waals surface area contributed by atoms with E-state index in [1.807, 2.05) is 4.57 Å². The molecule has 3 heterocycles. The Kier molecular flexibility index (Phi) is 5.74. The van der Waals surface area contributed by atoms with Crippen LogP contribution in [0.5, 0.6) is 0 Å². The van der Waals surface area contributed by atoms with Gasteiger partial charge in [0.25, 0.3) is 5.91 Å². The Bertz CT molecular complexity index is 995. The zero-order chi connectivity index (χ0) is 22.2. The Hall–Kier alpha value is -2.88. The Morgan fingerprint density at radius 2 is 2.10 bits per heavy atom. The van der Waals surface area contributed by atoms with E-state index in [1.54, 1.807) is 4.90 Å². The molecule has 2 amide bonds. The lowest BCUT2D eigenvalue weighted by Crippen LogP contribution is -2.37. The van der Waals surface area contributed by atoms with Crippen LogP contribution in [-0.2, 0) is 23.9 Å². The van der Waals surface area contributed by atoms with Gasteiger partial charge in [0.2, 0.25) is 11.9 Å². The van der Waals surface area contributed by atoms with Crippen molar-refractivity contribution >= 4 is 17.8 Å². The normalized spacial score (nSPS) is 19.1. The Balaban J connectivity index is 1.66. The van der Waals surface area contributed by atoms with Crippen molar-refractivity contribution in [2.45, 2.75) is 44.9 Å². The highest BCUT2D eigenvalue weighted by Crippen LogP contribution is 2.32. The zero-order valence-corrected chi connectivity index (χ0v) is 17.1. The first-order valence-corrected chi connectivity index (χ1v) is 10.3. The molecule has 1 aromatic carbocycles. The van der Waals surface area contributed by atoms with Crippen LogP contribution in [0.3, 0.4) is 0 Å². The average Bonchev–Trinajstić information content (AvgIpc) is 3.10. The number of hydrogen-bond acceptors (Lipinski definition) is 4. The summed E-state index contributed by atoms with van der Waals surface area (Å²) in [5, 5.41) is 6.06. The first-order chi connectivity index (χ1) is 14.7. The molecule has 1 saturated heterocycles. The van der Waals surface area contributed by atoms with E-state index >= 15 is 0 Å². The zero-order valence-electron chi connectivity index (χ0n) is 17.1. The quantitative estimate of drug-likeness (QED) is 0.777. The van der Waals surface area contributed by atoms with Crippen LogP contribution in [0.1, 0.15) is 53.1 Å². The molecular weight excluding hydrogens is 411 g/mol. The molecule has 166 valence electrons. The first kappa shape index (κ1) is 21.4. The maximum Gasteiger partial charge on any atom is 0.416 e. The minimum absolute atomic E-state index is 0.0471. The van der Waals surface area contributed by atoms with Gasteiger partial charge in [-0.25, -0.2) is 4.98 Å². The molecule has 2 aliphatic rings. The molecule has 1 fully saturated rings. The molecule has 10 heteroatoms. The van der Waals surface area contributed by atoms with E-state index in [-0.39, 0.29) is 17.5 Å². The molecule has 0 saturated carbocycles. The summed E-state index contributed by atoms with van der Waals surface area (Å²) in [7, 11) is 0. The van der Waals surface area contributed by atoms with Crippen molar-refractivity contribution < 1.29 is 22.8 Å². The topological polar surface area (TPSA) is 79.3 Å². The van der Waals surface area contributed by atoms with E-state index in [1.165, 1.54) is 19.1 Å². The first-order valence-electron chi connectivity index (χ1n) is 10.3. The number of nitrogens with one attached hydrogen (secondary N) is 2. The van der Waals surface area contributed by atoms with Gasteiger partial charge in [-0.2, -0.15) is 13.2 Å². The number of rotatable bonds is 3. The van der Waals surface area contributed by atoms with Crippen LogP contribution in [0.4, 0.5) is 19.1 Å². The highest BCUT2D eigenvalue weighted by Gasteiger charge is 2.32. The molecule has 1 aromatic heterocycles. The monoisotopic (exact) mass is 435 g/mol. The lowest BCUT2D eigenvalue weighted by atomic mass is 10.1. The number of aromatic nitrogens is 2. The van der Waals surface area contributed by atoms with Gasteiger partial charge in [0.15, 0.2) is 0 Å². The Labute approximate surface area is 177 Å². The second kappa shape index (κ2) is 8.33. The average molecular weight is 435 g/mol. The van der Waals surface area contributed by atoms with Crippen LogP contribution in [0.15, 0.2) is 24.3 Å². The highest BCUT2D eigenvalue weighted by molar-refractivity contribution is 6.03. The van der Waals surface area contributed by atoms with Crippen LogP contribution >= 0.6 is 0 Å². The molecule has 31 heavy (non-hydrogen) atoms. The number of benzene rings is 1. The summed E-state index contributed by atoms with van der Waals surface area (Å²) < 4.78 is 41.1. The number of nitrogens with zero attached hydrogens (tertiary/aromatic N) is 3. The number of alkyl halides is 3.